The first kappa shape index (κ1) is 44.4. The lowest BCUT2D eigenvalue weighted by atomic mass is 9.54. The molecule has 314 valence electrons. The average Bonchev–Trinajstić information content (AvgIpc) is 3.21. The number of benzene rings is 4. The Labute approximate surface area is 357 Å². The molecule has 0 heteroatoms. The Bertz CT molecular complexity index is 1880. The summed E-state index contributed by atoms with van der Waals surface area (Å²) in [6, 6.07) is 0. The highest BCUT2D eigenvalue weighted by atomic mass is 14.5. The van der Waals surface area contributed by atoms with Gasteiger partial charge in [-0.15, -0.1) is 0 Å². The fourth-order valence-electron chi connectivity index (χ4n) is 13.8. The van der Waals surface area contributed by atoms with Crippen LogP contribution in [-0.2, 0) is 10.8 Å². The fourth-order valence-corrected chi connectivity index (χ4v) is 13.8. The minimum atomic E-state index is 0.0547. The molecule has 0 N–H and O–H groups in total. The zero-order chi connectivity index (χ0) is 43.2. The molecule has 0 saturated heterocycles. The van der Waals surface area contributed by atoms with Crippen LogP contribution in [0.3, 0.4) is 0 Å². The quantitative estimate of drug-likeness (QED) is 0.183. The second-order valence-corrected chi connectivity index (χ2v) is 20.7. The standard InChI is InChI=1S/C58H82/c1-30-34(5)42(13)53(43(14)35(30)6)57(54-44(15)36(7)31(2)37(8)45(54)16)26-22-51(23-27-57)50(21)52-24-28-58(29-25-52,55-46(17)38(9)32(3)39(10)47(55)18)56-48(19)40(11)33(4)41(12)49(56)20/h50-52H,22-29H2,1-21H3. The van der Waals surface area contributed by atoms with Crippen molar-refractivity contribution in [2.24, 2.45) is 17.8 Å². The molecule has 4 aromatic rings. The molecule has 0 unspecified atom stereocenters. The van der Waals surface area contributed by atoms with E-state index < -0.39 is 0 Å². The van der Waals surface area contributed by atoms with Crippen LogP contribution in [0.2, 0.25) is 0 Å². The van der Waals surface area contributed by atoms with Gasteiger partial charge in [0.05, 0.1) is 0 Å². The fraction of sp³-hybridized carbons (Fsp3) is 0.586. The molecule has 0 aliphatic heterocycles. The molecule has 58 heavy (non-hydrogen) atoms. The van der Waals surface area contributed by atoms with E-state index >= 15 is 0 Å². The third kappa shape index (κ3) is 6.42. The van der Waals surface area contributed by atoms with E-state index in [-0.39, 0.29) is 10.8 Å². The third-order valence-corrected chi connectivity index (χ3v) is 19.2. The Kier molecular flexibility index (Phi) is 12.0. The van der Waals surface area contributed by atoms with Gasteiger partial charge in [0.25, 0.3) is 0 Å². The maximum absolute atomic E-state index is 2.68. The van der Waals surface area contributed by atoms with Crippen LogP contribution >= 0.6 is 0 Å². The third-order valence-electron chi connectivity index (χ3n) is 19.2. The summed E-state index contributed by atoms with van der Waals surface area (Å²) in [4.78, 5) is 0. The highest BCUT2D eigenvalue weighted by Crippen LogP contribution is 2.58. The van der Waals surface area contributed by atoms with Crippen LogP contribution < -0.4 is 0 Å². The topological polar surface area (TPSA) is 0 Å². The summed E-state index contributed by atoms with van der Waals surface area (Å²) in [5.74, 6) is 2.27. The molecule has 0 nitrogen and oxygen atoms in total. The maximum Gasteiger partial charge on any atom is 0.0214 e. The van der Waals surface area contributed by atoms with Gasteiger partial charge in [0.15, 0.2) is 0 Å². The van der Waals surface area contributed by atoms with Crippen molar-refractivity contribution in [1.29, 1.82) is 0 Å². The molecule has 0 spiro atoms. The van der Waals surface area contributed by atoms with Crippen LogP contribution in [-0.4, -0.2) is 0 Å². The van der Waals surface area contributed by atoms with E-state index in [2.05, 4.69) is 145 Å². The van der Waals surface area contributed by atoms with E-state index in [4.69, 9.17) is 0 Å². The molecule has 0 radical (unpaired) electrons. The van der Waals surface area contributed by atoms with Gasteiger partial charge in [-0.2, -0.15) is 0 Å². The van der Waals surface area contributed by atoms with Gasteiger partial charge >= 0.3 is 0 Å². The number of hydrogen-bond acceptors (Lipinski definition) is 0. The molecule has 2 aliphatic rings. The van der Waals surface area contributed by atoms with Crippen LogP contribution in [0.5, 0.6) is 0 Å². The van der Waals surface area contributed by atoms with Gasteiger partial charge in [-0.25, -0.2) is 0 Å². The molecule has 0 heterocycles. The molecule has 0 bridgehead atoms. The Morgan fingerprint density at radius 3 is 0.552 bits per heavy atom. The van der Waals surface area contributed by atoms with Crippen molar-refractivity contribution in [2.45, 2.75) is 208 Å². The Hall–Kier alpha value is -3.12. The van der Waals surface area contributed by atoms with Gasteiger partial charge < -0.3 is 0 Å². The smallest absolute Gasteiger partial charge is 0.0214 e. The first-order chi connectivity index (χ1) is 27.0. The average molecular weight is 779 g/mol. The molecular formula is C58H82. The minimum absolute atomic E-state index is 0.0547. The molecular weight excluding hydrogens is 697 g/mol. The second kappa shape index (κ2) is 15.7. The van der Waals surface area contributed by atoms with Crippen molar-refractivity contribution >= 4 is 0 Å². The lowest BCUT2D eigenvalue weighted by molar-refractivity contribution is 0.119. The summed E-state index contributed by atoms with van der Waals surface area (Å²) in [5.41, 5.74) is 37.1. The van der Waals surface area contributed by atoms with E-state index in [1.807, 2.05) is 0 Å². The Balaban J connectivity index is 1.40. The first-order valence-corrected chi connectivity index (χ1v) is 23.3. The SMILES string of the molecule is Cc1c(C)c(C)c(C2(c3c(C)c(C)c(C)c(C)c3C)CCC(C(C)C3CCC(c4c(C)c(C)c(C)c(C)c4C)(c4c(C)c(C)c(C)c(C)c4C)CC3)CC2)c(C)c1C. The summed E-state index contributed by atoms with van der Waals surface area (Å²) >= 11 is 0. The Morgan fingerprint density at radius 2 is 0.397 bits per heavy atom. The van der Waals surface area contributed by atoms with Crippen molar-refractivity contribution in [3.63, 3.8) is 0 Å². The van der Waals surface area contributed by atoms with Gasteiger partial charge in [-0.05, 0) is 341 Å². The van der Waals surface area contributed by atoms with Crippen molar-refractivity contribution in [1.82, 2.24) is 0 Å². The van der Waals surface area contributed by atoms with Gasteiger partial charge in [0.1, 0.15) is 0 Å². The van der Waals surface area contributed by atoms with Crippen LogP contribution in [0.25, 0.3) is 0 Å². The van der Waals surface area contributed by atoms with Gasteiger partial charge in [0, 0.05) is 10.8 Å². The lowest BCUT2D eigenvalue weighted by Gasteiger charge is -2.50. The van der Waals surface area contributed by atoms with Crippen LogP contribution in [0.4, 0.5) is 0 Å². The van der Waals surface area contributed by atoms with E-state index in [0.29, 0.717) is 0 Å². The first-order valence-electron chi connectivity index (χ1n) is 23.3. The second-order valence-electron chi connectivity index (χ2n) is 20.7. The molecule has 2 saturated carbocycles. The summed E-state index contributed by atoms with van der Waals surface area (Å²) in [6.07, 6.45) is 10.3. The van der Waals surface area contributed by atoms with E-state index in [9.17, 15) is 0 Å². The molecule has 0 atom stereocenters. The van der Waals surface area contributed by atoms with Crippen molar-refractivity contribution in [2.75, 3.05) is 0 Å². The largest absolute Gasteiger partial charge is 0.0620 e. The van der Waals surface area contributed by atoms with Crippen LogP contribution in [0, 0.1) is 156 Å². The number of rotatable bonds is 6. The molecule has 2 fully saturated rings. The minimum Gasteiger partial charge on any atom is -0.0620 e. The predicted octanol–water partition coefficient (Wildman–Crippen LogP) is 16.1. The van der Waals surface area contributed by atoms with Gasteiger partial charge in [-0.3, -0.25) is 0 Å². The zero-order valence-corrected chi connectivity index (χ0v) is 41.4. The normalized spacial score (nSPS) is 17.5. The highest BCUT2D eigenvalue weighted by molar-refractivity contribution is 5.63. The summed E-state index contributed by atoms with van der Waals surface area (Å²) in [6.45, 7) is 50.8. The lowest BCUT2D eigenvalue weighted by Crippen LogP contribution is -2.41. The van der Waals surface area contributed by atoms with Crippen molar-refractivity contribution in [3.8, 4) is 0 Å². The highest BCUT2D eigenvalue weighted by Gasteiger charge is 2.48. The van der Waals surface area contributed by atoms with Gasteiger partial charge in [0.2, 0.25) is 0 Å². The Morgan fingerprint density at radius 1 is 0.259 bits per heavy atom. The van der Waals surface area contributed by atoms with Crippen LogP contribution in [0.15, 0.2) is 0 Å². The predicted molar refractivity (Wildman–Crippen MR) is 255 cm³/mol. The molecule has 2 aliphatic carbocycles. The van der Waals surface area contributed by atoms with Crippen molar-refractivity contribution in [3.05, 3.63) is 134 Å². The number of hydrogen-bond donors (Lipinski definition) is 0. The van der Waals surface area contributed by atoms with Crippen LogP contribution in [0.1, 0.15) is 192 Å². The summed E-state index contributed by atoms with van der Waals surface area (Å²) in [7, 11) is 0. The molecule has 4 aromatic carbocycles. The zero-order valence-electron chi connectivity index (χ0n) is 41.4. The van der Waals surface area contributed by atoms with Crippen molar-refractivity contribution < 1.29 is 0 Å². The van der Waals surface area contributed by atoms with E-state index in [0.717, 1.165) is 17.8 Å². The maximum atomic E-state index is 2.68. The molecule has 6 rings (SSSR count). The molecule has 0 aromatic heterocycles. The van der Waals surface area contributed by atoms with E-state index in [1.165, 1.54) is 118 Å². The molecule has 0 amide bonds. The monoisotopic (exact) mass is 779 g/mol. The summed E-state index contributed by atoms with van der Waals surface area (Å²) < 4.78 is 0. The van der Waals surface area contributed by atoms with E-state index in [1.54, 1.807) is 66.8 Å². The summed E-state index contributed by atoms with van der Waals surface area (Å²) in [5, 5.41) is 0. The van der Waals surface area contributed by atoms with Gasteiger partial charge in [-0.1, -0.05) is 6.92 Å².